The van der Waals surface area contributed by atoms with Gasteiger partial charge in [0.05, 0.1) is 11.8 Å². The maximum Gasteiger partial charge on any atom is 0.195 e. The summed E-state index contributed by atoms with van der Waals surface area (Å²) >= 11 is 7.27. The fourth-order valence-corrected chi connectivity index (χ4v) is 1.80. The van der Waals surface area contributed by atoms with Crippen LogP contribution in [0.1, 0.15) is 0 Å². The van der Waals surface area contributed by atoms with Crippen molar-refractivity contribution in [2.45, 2.75) is 0 Å². The molecule has 0 radical (unpaired) electrons. The third kappa shape index (κ3) is 1.40. The summed E-state index contributed by atoms with van der Waals surface area (Å²) in [6.07, 6.45) is 1.78. The van der Waals surface area contributed by atoms with Gasteiger partial charge in [0, 0.05) is 14.1 Å². The van der Waals surface area contributed by atoms with Crippen molar-refractivity contribution in [1.29, 1.82) is 0 Å². The highest BCUT2D eigenvalue weighted by Crippen LogP contribution is 2.21. The first-order valence-corrected chi connectivity index (χ1v) is 5.39. The monoisotopic (exact) mass is 321 g/mol. The molecule has 0 aliphatic heterocycles. The van der Waals surface area contributed by atoms with Crippen LogP contribution in [0.5, 0.6) is 0 Å². The molecule has 0 bridgehead atoms. The largest absolute Gasteiger partial charge is 0.303 e. The van der Waals surface area contributed by atoms with Crippen LogP contribution in [0.25, 0.3) is 11.4 Å². The molecule has 2 aromatic rings. The van der Waals surface area contributed by atoms with E-state index < -0.39 is 0 Å². The Labute approximate surface area is 99.3 Å². The van der Waals surface area contributed by atoms with Crippen LogP contribution < -0.4 is 0 Å². The van der Waals surface area contributed by atoms with E-state index in [9.17, 15) is 0 Å². The lowest BCUT2D eigenvalue weighted by molar-refractivity contribution is 0.747. The van der Waals surface area contributed by atoms with E-state index in [4.69, 9.17) is 12.2 Å². The Bertz CT molecular complexity index is 522. The van der Waals surface area contributed by atoms with Gasteiger partial charge in [0.1, 0.15) is 3.70 Å². The normalized spacial score (nSPS) is 10.8. The summed E-state index contributed by atoms with van der Waals surface area (Å²) in [6, 6.07) is 0. The minimum atomic E-state index is 0.611. The molecule has 0 saturated heterocycles. The van der Waals surface area contributed by atoms with Crippen LogP contribution in [0.4, 0.5) is 0 Å². The standard InChI is InChI=1S/C7H8IN5S/c1-12-6(10-11-7(12)14)4-3-9-13(2)5(4)8/h3H,1-2H3,(H,11,14). The van der Waals surface area contributed by atoms with Crippen LogP contribution in [0.15, 0.2) is 6.20 Å². The second-order valence-corrected chi connectivity index (χ2v) is 4.29. The van der Waals surface area contributed by atoms with Crippen LogP contribution >= 0.6 is 34.8 Å². The molecule has 5 nitrogen and oxygen atoms in total. The minimum Gasteiger partial charge on any atom is -0.303 e. The van der Waals surface area contributed by atoms with Gasteiger partial charge in [-0.2, -0.15) is 10.2 Å². The van der Waals surface area contributed by atoms with Crippen LogP contribution in [0, 0.1) is 8.47 Å². The maximum absolute atomic E-state index is 5.04. The third-order valence-corrected chi connectivity index (χ3v) is 3.63. The molecule has 14 heavy (non-hydrogen) atoms. The van der Waals surface area contributed by atoms with Gasteiger partial charge >= 0.3 is 0 Å². The van der Waals surface area contributed by atoms with Gasteiger partial charge in [-0.3, -0.25) is 9.78 Å². The van der Waals surface area contributed by atoms with Crippen molar-refractivity contribution in [2.75, 3.05) is 0 Å². The molecule has 2 heterocycles. The molecular weight excluding hydrogens is 313 g/mol. The zero-order chi connectivity index (χ0) is 10.3. The van der Waals surface area contributed by atoms with Crippen molar-refractivity contribution in [3.8, 4) is 11.4 Å². The zero-order valence-corrected chi connectivity index (χ0v) is 10.6. The lowest BCUT2D eigenvalue weighted by Gasteiger charge is -1.97. The Hall–Kier alpha value is -0.700. The van der Waals surface area contributed by atoms with E-state index in [-0.39, 0.29) is 0 Å². The predicted molar refractivity (Wildman–Crippen MR) is 63.3 cm³/mol. The van der Waals surface area contributed by atoms with Crippen LogP contribution in [0.3, 0.4) is 0 Å². The number of nitrogens with one attached hydrogen (secondary N) is 1. The molecule has 0 aliphatic rings. The molecule has 7 heteroatoms. The zero-order valence-electron chi connectivity index (χ0n) is 7.65. The van der Waals surface area contributed by atoms with Crippen LogP contribution in [0.2, 0.25) is 0 Å². The summed E-state index contributed by atoms with van der Waals surface area (Å²) in [6.45, 7) is 0. The van der Waals surface area contributed by atoms with E-state index in [1.54, 1.807) is 10.9 Å². The average Bonchev–Trinajstić information content (AvgIpc) is 2.63. The Kier molecular flexibility index (Phi) is 2.43. The van der Waals surface area contributed by atoms with E-state index in [2.05, 4.69) is 37.9 Å². The third-order valence-electron chi connectivity index (χ3n) is 1.99. The van der Waals surface area contributed by atoms with Gasteiger partial charge in [-0.05, 0) is 34.8 Å². The molecule has 0 saturated carbocycles. The summed E-state index contributed by atoms with van der Waals surface area (Å²) in [5.74, 6) is 0.813. The highest BCUT2D eigenvalue weighted by Gasteiger charge is 2.12. The summed E-state index contributed by atoms with van der Waals surface area (Å²) in [7, 11) is 3.77. The van der Waals surface area contributed by atoms with Gasteiger partial charge < -0.3 is 4.57 Å². The second-order valence-electron chi connectivity index (χ2n) is 2.88. The van der Waals surface area contributed by atoms with Crippen molar-refractivity contribution in [1.82, 2.24) is 24.5 Å². The molecule has 0 fully saturated rings. The molecule has 74 valence electrons. The van der Waals surface area contributed by atoms with Crippen LogP contribution in [-0.2, 0) is 14.1 Å². The van der Waals surface area contributed by atoms with E-state index in [1.165, 1.54) is 0 Å². The first-order chi connectivity index (χ1) is 6.61. The second kappa shape index (κ2) is 3.46. The fourth-order valence-electron chi connectivity index (χ4n) is 1.16. The molecule has 0 aromatic carbocycles. The Morgan fingerprint density at radius 2 is 2.21 bits per heavy atom. The number of hydrogen-bond donors (Lipinski definition) is 1. The number of hydrogen-bond acceptors (Lipinski definition) is 3. The van der Waals surface area contributed by atoms with Gasteiger partial charge in [0.15, 0.2) is 10.6 Å². The number of H-pyrrole nitrogens is 1. The van der Waals surface area contributed by atoms with Crippen molar-refractivity contribution in [3.63, 3.8) is 0 Å². The quantitative estimate of drug-likeness (QED) is 0.639. The summed E-state index contributed by atoms with van der Waals surface area (Å²) in [5, 5.41) is 11.0. The van der Waals surface area contributed by atoms with Gasteiger partial charge in [-0.25, -0.2) is 0 Å². The Balaban J connectivity index is 2.66. The van der Waals surface area contributed by atoms with Crippen molar-refractivity contribution in [2.24, 2.45) is 14.1 Å². The van der Waals surface area contributed by atoms with E-state index in [1.807, 2.05) is 18.7 Å². The van der Waals surface area contributed by atoms with Crippen molar-refractivity contribution < 1.29 is 0 Å². The van der Waals surface area contributed by atoms with E-state index >= 15 is 0 Å². The van der Waals surface area contributed by atoms with Gasteiger partial charge in [-0.15, -0.1) is 0 Å². The number of aromatic nitrogens is 5. The summed E-state index contributed by atoms with van der Waals surface area (Å²) in [4.78, 5) is 0. The Morgan fingerprint density at radius 1 is 1.50 bits per heavy atom. The SMILES string of the molecule is Cn1ncc(-c2n[nH]c(=S)n2C)c1I. The number of nitrogens with zero attached hydrogens (tertiary/aromatic N) is 4. The van der Waals surface area contributed by atoms with Crippen molar-refractivity contribution >= 4 is 34.8 Å². The highest BCUT2D eigenvalue weighted by molar-refractivity contribution is 14.1. The van der Waals surface area contributed by atoms with Gasteiger partial charge in [0.2, 0.25) is 0 Å². The highest BCUT2D eigenvalue weighted by atomic mass is 127. The molecule has 0 unspecified atom stereocenters. The number of aryl methyl sites for hydroxylation is 1. The topological polar surface area (TPSA) is 51.4 Å². The lowest BCUT2D eigenvalue weighted by Crippen LogP contribution is -1.96. The molecule has 2 aromatic heterocycles. The minimum absolute atomic E-state index is 0.611. The Morgan fingerprint density at radius 3 is 2.64 bits per heavy atom. The molecule has 1 N–H and O–H groups in total. The first kappa shape index (κ1) is 9.84. The molecule has 2 rings (SSSR count). The maximum atomic E-state index is 5.04. The van der Waals surface area contributed by atoms with Gasteiger partial charge in [0.25, 0.3) is 0 Å². The molecular formula is C7H8IN5S. The molecule has 0 amide bonds. The van der Waals surface area contributed by atoms with E-state index in [0.29, 0.717) is 4.77 Å². The van der Waals surface area contributed by atoms with Gasteiger partial charge in [-0.1, -0.05) is 0 Å². The summed E-state index contributed by atoms with van der Waals surface area (Å²) in [5.41, 5.74) is 0.989. The number of halogens is 1. The molecule has 0 aliphatic carbocycles. The average molecular weight is 321 g/mol. The molecule has 0 atom stereocenters. The fraction of sp³-hybridized carbons (Fsp3) is 0.286. The van der Waals surface area contributed by atoms with Crippen LogP contribution in [-0.4, -0.2) is 24.5 Å². The summed E-state index contributed by atoms with van der Waals surface area (Å²) < 4.78 is 5.28. The van der Waals surface area contributed by atoms with E-state index in [0.717, 1.165) is 15.1 Å². The number of aromatic amines is 1. The molecule has 0 spiro atoms. The predicted octanol–water partition coefficient (Wildman–Crippen LogP) is 1.48. The smallest absolute Gasteiger partial charge is 0.195 e. The lowest BCUT2D eigenvalue weighted by atomic mass is 10.3. The van der Waals surface area contributed by atoms with Crippen molar-refractivity contribution in [3.05, 3.63) is 14.7 Å². The number of rotatable bonds is 1. The first-order valence-electron chi connectivity index (χ1n) is 3.90.